The van der Waals surface area contributed by atoms with Gasteiger partial charge in [-0.15, -0.1) is 11.3 Å². The zero-order chi connectivity index (χ0) is 10.8. The van der Waals surface area contributed by atoms with Gasteiger partial charge in [0.05, 0.1) is 4.70 Å². The van der Waals surface area contributed by atoms with Crippen molar-refractivity contribution in [3.8, 4) is 0 Å². The lowest BCUT2D eigenvalue weighted by atomic mass is 10.2. The lowest BCUT2D eigenvalue weighted by Crippen LogP contribution is -1.85. The van der Waals surface area contributed by atoms with Crippen molar-refractivity contribution in [2.75, 3.05) is 5.73 Å². The Morgan fingerprint density at radius 1 is 1.40 bits per heavy atom. The maximum absolute atomic E-state index is 5.93. The number of thioether (sulfide) groups is 1. The highest BCUT2D eigenvalue weighted by atomic mass is 32.2. The number of thiophene rings is 1. The summed E-state index contributed by atoms with van der Waals surface area (Å²) in [4.78, 5) is 1.42. The molecule has 1 aromatic carbocycles. The highest BCUT2D eigenvalue weighted by molar-refractivity contribution is 7.99. The van der Waals surface area contributed by atoms with E-state index in [-0.39, 0.29) is 0 Å². The molecule has 0 aliphatic heterocycles. The minimum absolute atomic E-state index is 0.688. The Labute approximate surface area is 98.7 Å². The number of hydrogen-bond acceptors (Lipinski definition) is 3. The van der Waals surface area contributed by atoms with Crippen LogP contribution in [-0.2, 0) is 5.75 Å². The van der Waals surface area contributed by atoms with Crippen LogP contribution in [0.2, 0.25) is 0 Å². The van der Waals surface area contributed by atoms with Crippen molar-refractivity contribution in [2.45, 2.75) is 24.9 Å². The van der Waals surface area contributed by atoms with Crippen LogP contribution >= 0.6 is 23.1 Å². The summed E-state index contributed by atoms with van der Waals surface area (Å²) in [7, 11) is 0. The summed E-state index contributed by atoms with van der Waals surface area (Å²) in [5.74, 6) is 1.09. The van der Waals surface area contributed by atoms with E-state index in [4.69, 9.17) is 5.73 Å². The van der Waals surface area contributed by atoms with Crippen LogP contribution in [0.5, 0.6) is 0 Å². The summed E-state index contributed by atoms with van der Waals surface area (Å²) in [5.41, 5.74) is 6.83. The largest absolute Gasteiger partial charge is 0.398 e. The normalized spacial score (nSPS) is 11.4. The number of benzene rings is 1. The van der Waals surface area contributed by atoms with Crippen molar-refractivity contribution in [1.82, 2.24) is 0 Å². The highest BCUT2D eigenvalue weighted by Gasteiger charge is 2.05. The van der Waals surface area contributed by atoms with Crippen molar-refractivity contribution in [1.29, 1.82) is 0 Å². The third kappa shape index (κ3) is 2.47. The Balaban J connectivity index is 2.27. The lowest BCUT2D eigenvalue weighted by Gasteiger charge is -2.00. The minimum Gasteiger partial charge on any atom is -0.398 e. The van der Waals surface area contributed by atoms with Crippen LogP contribution in [0.4, 0.5) is 5.69 Å². The Morgan fingerprint density at radius 2 is 2.20 bits per heavy atom. The first-order valence-corrected chi connectivity index (χ1v) is 6.92. The first-order valence-electron chi connectivity index (χ1n) is 5.05. The van der Waals surface area contributed by atoms with Gasteiger partial charge in [0.2, 0.25) is 0 Å². The molecule has 1 nitrogen and oxygen atoms in total. The molecule has 80 valence electrons. The Morgan fingerprint density at radius 3 is 2.87 bits per heavy atom. The quantitative estimate of drug-likeness (QED) is 0.812. The molecule has 0 unspecified atom stereocenters. The second kappa shape index (κ2) is 4.45. The molecule has 0 bridgehead atoms. The third-order valence-corrected chi connectivity index (χ3v) is 4.71. The van der Waals surface area contributed by atoms with E-state index < -0.39 is 0 Å². The summed E-state index contributed by atoms with van der Waals surface area (Å²) >= 11 is 3.80. The molecule has 0 radical (unpaired) electrons. The molecule has 0 aliphatic rings. The van der Waals surface area contributed by atoms with Crippen LogP contribution < -0.4 is 5.73 Å². The van der Waals surface area contributed by atoms with Crippen molar-refractivity contribution >= 4 is 38.9 Å². The van der Waals surface area contributed by atoms with E-state index in [1.807, 2.05) is 35.2 Å². The number of nitrogens with two attached hydrogens (primary N) is 1. The van der Waals surface area contributed by atoms with E-state index in [1.165, 1.54) is 15.0 Å². The van der Waals surface area contributed by atoms with Crippen LogP contribution in [-0.4, -0.2) is 5.25 Å². The highest BCUT2D eigenvalue weighted by Crippen LogP contribution is 2.32. The topological polar surface area (TPSA) is 26.0 Å². The van der Waals surface area contributed by atoms with Gasteiger partial charge in [-0.3, -0.25) is 0 Å². The predicted octanol–water partition coefficient (Wildman–Crippen LogP) is 4.13. The zero-order valence-corrected chi connectivity index (χ0v) is 10.6. The van der Waals surface area contributed by atoms with E-state index in [9.17, 15) is 0 Å². The molecule has 0 fully saturated rings. The van der Waals surface area contributed by atoms with Crippen LogP contribution in [0, 0.1) is 0 Å². The molecule has 0 spiro atoms. The second-order valence-electron chi connectivity index (χ2n) is 3.84. The fourth-order valence-corrected chi connectivity index (χ4v) is 3.36. The number of hydrogen-bond donors (Lipinski definition) is 1. The minimum atomic E-state index is 0.688. The summed E-state index contributed by atoms with van der Waals surface area (Å²) in [5, 5.41) is 1.96. The van der Waals surface area contributed by atoms with Gasteiger partial charge in [-0.05, 0) is 22.8 Å². The number of nitrogen functional groups attached to an aromatic ring is 1. The SMILES string of the molecule is CC(C)SCc1cc2cccc(N)c2s1. The molecule has 1 heterocycles. The monoisotopic (exact) mass is 237 g/mol. The van der Waals surface area contributed by atoms with Gasteiger partial charge in [0.25, 0.3) is 0 Å². The molecule has 2 aromatic rings. The maximum atomic E-state index is 5.93. The van der Waals surface area contributed by atoms with Crippen LogP contribution in [0.15, 0.2) is 24.3 Å². The van der Waals surface area contributed by atoms with Crippen molar-refractivity contribution in [3.63, 3.8) is 0 Å². The van der Waals surface area contributed by atoms with E-state index in [2.05, 4.69) is 26.0 Å². The molecular weight excluding hydrogens is 222 g/mol. The smallest absolute Gasteiger partial charge is 0.0575 e. The van der Waals surface area contributed by atoms with Gasteiger partial charge in [0.1, 0.15) is 0 Å². The molecular formula is C12H15NS2. The summed E-state index contributed by atoms with van der Waals surface area (Å²) in [6.45, 7) is 4.46. The van der Waals surface area contributed by atoms with Gasteiger partial charge in [-0.2, -0.15) is 11.8 Å². The molecule has 0 amide bonds. The molecule has 15 heavy (non-hydrogen) atoms. The Hall–Kier alpha value is -0.670. The van der Waals surface area contributed by atoms with Gasteiger partial charge in [0, 0.05) is 16.3 Å². The summed E-state index contributed by atoms with van der Waals surface area (Å²) in [6, 6.07) is 8.37. The standard InChI is InChI=1S/C12H15NS2/c1-8(2)14-7-10-6-9-4-3-5-11(13)12(9)15-10/h3-6,8H,7,13H2,1-2H3. The fourth-order valence-electron chi connectivity index (χ4n) is 1.46. The van der Waals surface area contributed by atoms with Crippen LogP contribution in [0.3, 0.4) is 0 Å². The van der Waals surface area contributed by atoms with Crippen LogP contribution in [0.25, 0.3) is 10.1 Å². The number of anilines is 1. The van der Waals surface area contributed by atoms with Gasteiger partial charge in [-0.1, -0.05) is 26.0 Å². The first kappa shape index (κ1) is 10.8. The Bertz CT molecular complexity index is 460. The molecule has 0 saturated heterocycles. The Kier molecular flexibility index (Phi) is 3.22. The van der Waals surface area contributed by atoms with E-state index >= 15 is 0 Å². The average molecular weight is 237 g/mol. The zero-order valence-electron chi connectivity index (χ0n) is 8.99. The van der Waals surface area contributed by atoms with Crippen molar-refractivity contribution < 1.29 is 0 Å². The summed E-state index contributed by atoms with van der Waals surface area (Å²) < 4.78 is 1.23. The summed E-state index contributed by atoms with van der Waals surface area (Å²) in [6.07, 6.45) is 0. The van der Waals surface area contributed by atoms with Crippen molar-refractivity contribution in [2.24, 2.45) is 0 Å². The average Bonchev–Trinajstić information content (AvgIpc) is 2.59. The van der Waals surface area contributed by atoms with Gasteiger partial charge >= 0.3 is 0 Å². The first-order chi connectivity index (χ1) is 7.16. The van der Waals surface area contributed by atoms with Crippen LogP contribution in [0.1, 0.15) is 18.7 Å². The van der Waals surface area contributed by atoms with E-state index in [0.29, 0.717) is 5.25 Å². The van der Waals surface area contributed by atoms with E-state index in [1.54, 1.807) is 0 Å². The molecule has 0 atom stereocenters. The maximum Gasteiger partial charge on any atom is 0.0575 e. The molecule has 0 aliphatic carbocycles. The van der Waals surface area contributed by atoms with E-state index in [0.717, 1.165) is 11.4 Å². The lowest BCUT2D eigenvalue weighted by molar-refractivity contribution is 1.11. The number of fused-ring (bicyclic) bond motifs is 1. The fraction of sp³-hybridized carbons (Fsp3) is 0.333. The number of rotatable bonds is 3. The predicted molar refractivity (Wildman–Crippen MR) is 72.7 cm³/mol. The van der Waals surface area contributed by atoms with Gasteiger partial charge in [0.15, 0.2) is 0 Å². The molecule has 2 rings (SSSR count). The molecule has 0 saturated carbocycles. The molecule has 3 heteroatoms. The molecule has 2 N–H and O–H groups in total. The van der Waals surface area contributed by atoms with Crippen molar-refractivity contribution in [3.05, 3.63) is 29.1 Å². The third-order valence-electron chi connectivity index (χ3n) is 2.18. The molecule has 1 aromatic heterocycles. The van der Waals surface area contributed by atoms with Gasteiger partial charge < -0.3 is 5.73 Å². The second-order valence-corrected chi connectivity index (χ2v) is 6.54. The van der Waals surface area contributed by atoms with Gasteiger partial charge in [-0.25, -0.2) is 0 Å².